The molecule has 0 aliphatic carbocycles. The Bertz CT molecular complexity index is 570. The molecule has 0 spiro atoms. The van der Waals surface area contributed by atoms with Crippen molar-refractivity contribution in [3.05, 3.63) is 23.3 Å². The number of hydrogen-bond donors (Lipinski definition) is 2. The molecule has 0 saturated carbocycles. The van der Waals surface area contributed by atoms with Gasteiger partial charge in [-0.15, -0.1) is 0 Å². The fraction of sp³-hybridized carbons (Fsp3) is 0.682. The molecule has 1 aromatic carbocycles. The first kappa shape index (κ1) is 22.3. The van der Waals surface area contributed by atoms with Crippen LogP contribution in [0.5, 0.6) is 11.5 Å². The number of rotatable bonds is 11. The number of aromatic hydroxyl groups is 2. The maximum absolute atomic E-state index is 10.5. The van der Waals surface area contributed by atoms with Gasteiger partial charge >= 0.3 is 0 Å². The van der Waals surface area contributed by atoms with Gasteiger partial charge in [0.05, 0.1) is 0 Å². The largest absolute Gasteiger partial charge is 0.504 e. The molecular weight excluding hydrogens is 328 g/mol. The van der Waals surface area contributed by atoms with Crippen LogP contribution >= 0.6 is 0 Å². The summed E-state index contributed by atoms with van der Waals surface area (Å²) in [6.07, 6.45) is 7.56. The quantitative estimate of drug-likeness (QED) is 0.308. The Kier molecular flexibility index (Phi) is 8.45. The van der Waals surface area contributed by atoms with E-state index >= 15 is 0 Å². The predicted octanol–water partition coefficient (Wildman–Crippen LogP) is 5.52. The predicted molar refractivity (Wildman–Crippen MR) is 106 cm³/mol. The molecular formula is C22H36O4. The Hall–Kier alpha value is -1.71. The number of ether oxygens (including phenoxy) is 1. The van der Waals surface area contributed by atoms with Gasteiger partial charge < -0.3 is 14.9 Å². The lowest BCUT2D eigenvalue weighted by Gasteiger charge is -2.22. The summed E-state index contributed by atoms with van der Waals surface area (Å²) in [5.74, 6) is -0.0372. The number of unbranched alkanes of at least 4 members (excludes halogenated alkanes) is 2. The molecule has 0 fully saturated rings. The molecule has 0 saturated heterocycles. The monoisotopic (exact) mass is 364 g/mol. The minimum Gasteiger partial charge on any atom is -0.504 e. The number of hydrogen-bond acceptors (Lipinski definition) is 4. The van der Waals surface area contributed by atoms with E-state index in [9.17, 15) is 15.0 Å². The van der Waals surface area contributed by atoms with Crippen molar-refractivity contribution in [3.63, 3.8) is 0 Å². The van der Waals surface area contributed by atoms with Crippen LogP contribution in [0.4, 0.5) is 0 Å². The van der Waals surface area contributed by atoms with Crippen molar-refractivity contribution in [2.24, 2.45) is 5.41 Å². The van der Waals surface area contributed by atoms with Crippen molar-refractivity contribution in [3.8, 4) is 11.5 Å². The average Bonchev–Trinajstić information content (AvgIpc) is 2.51. The summed E-state index contributed by atoms with van der Waals surface area (Å²) < 4.78 is 5.05. The number of carbonyl (C=O) groups excluding carboxylic acids is 1. The summed E-state index contributed by atoms with van der Waals surface area (Å²) in [6.45, 7) is 11.0. The van der Waals surface area contributed by atoms with Gasteiger partial charge in [-0.1, -0.05) is 33.3 Å². The highest BCUT2D eigenvalue weighted by Gasteiger charge is 2.18. The Labute approximate surface area is 158 Å². The molecule has 0 aliphatic heterocycles. The highest BCUT2D eigenvalue weighted by atomic mass is 16.5. The van der Waals surface area contributed by atoms with Crippen LogP contribution < -0.4 is 0 Å². The number of benzene rings is 1. The van der Waals surface area contributed by atoms with Crippen molar-refractivity contribution in [1.82, 2.24) is 0 Å². The van der Waals surface area contributed by atoms with Crippen molar-refractivity contribution in [2.75, 3.05) is 0 Å². The molecule has 1 aromatic rings. The second kappa shape index (κ2) is 9.84. The Balaban J connectivity index is 2.54. The lowest BCUT2D eigenvalue weighted by Crippen LogP contribution is -2.23. The topological polar surface area (TPSA) is 66.8 Å². The molecule has 0 radical (unpaired) electrons. The van der Waals surface area contributed by atoms with Gasteiger partial charge in [0.2, 0.25) is 0 Å². The summed E-state index contributed by atoms with van der Waals surface area (Å²) >= 11 is 0. The van der Waals surface area contributed by atoms with Crippen LogP contribution in [0, 0.1) is 5.41 Å². The van der Waals surface area contributed by atoms with Crippen molar-refractivity contribution >= 4 is 6.47 Å². The molecule has 4 heteroatoms. The van der Waals surface area contributed by atoms with Gasteiger partial charge in [0.15, 0.2) is 11.5 Å². The molecule has 4 nitrogen and oxygen atoms in total. The molecule has 2 N–H and O–H groups in total. The second-order valence-electron chi connectivity index (χ2n) is 9.07. The summed E-state index contributed by atoms with van der Waals surface area (Å²) in [7, 11) is 0. The van der Waals surface area contributed by atoms with Crippen LogP contribution in [-0.4, -0.2) is 22.3 Å². The Morgan fingerprint density at radius 2 is 1.54 bits per heavy atom. The number of phenolic OH excluding ortho intramolecular Hbond substituents is 2. The van der Waals surface area contributed by atoms with Gasteiger partial charge in [-0.3, -0.25) is 4.79 Å². The van der Waals surface area contributed by atoms with Crippen LogP contribution in [0.25, 0.3) is 0 Å². The van der Waals surface area contributed by atoms with E-state index in [0.717, 1.165) is 49.7 Å². The van der Waals surface area contributed by atoms with E-state index in [0.29, 0.717) is 18.3 Å². The van der Waals surface area contributed by atoms with E-state index in [4.69, 9.17) is 4.74 Å². The molecule has 0 bridgehead atoms. The summed E-state index contributed by atoms with van der Waals surface area (Å²) in [5, 5.41) is 20.1. The third kappa shape index (κ3) is 8.59. The van der Waals surface area contributed by atoms with Crippen LogP contribution in [0.2, 0.25) is 0 Å². The molecule has 1 rings (SSSR count). The first-order valence-corrected chi connectivity index (χ1v) is 9.69. The lowest BCUT2D eigenvalue weighted by molar-refractivity contribution is -0.140. The van der Waals surface area contributed by atoms with Gasteiger partial charge in [0.25, 0.3) is 6.47 Å². The number of phenols is 2. The smallest absolute Gasteiger partial charge is 0.293 e. The molecule has 0 heterocycles. The molecule has 0 unspecified atom stereocenters. The first-order valence-electron chi connectivity index (χ1n) is 9.69. The van der Waals surface area contributed by atoms with E-state index in [2.05, 4.69) is 20.8 Å². The van der Waals surface area contributed by atoms with Crippen LogP contribution in [0.15, 0.2) is 12.1 Å². The van der Waals surface area contributed by atoms with Gasteiger partial charge in [-0.05, 0) is 81.4 Å². The zero-order valence-electron chi connectivity index (χ0n) is 17.1. The fourth-order valence-electron chi connectivity index (χ4n) is 3.12. The van der Waals surface area contributed by atoms with E-state index < -0.39 is 5.60 Å². The van der Waals surface area contributed by atoms with Gasteiger partial charge in [-0.25, -0.2) is 0 Å². The molecule has 0 atom stereocenters. The van der Waals surface area contributed by atoms with Crippen LogP contribution in [0.1, 0.15) is 84.3 Å². The van der Waals surface area contributed by atoms with E-state index in [1.165, 1.54) is 6.42 Å². The minimum absolute atomic E-state index is 0.00755. The third-order valence-electron chi connectivity index (χ3n) is 4.71. The highest BCUT2D eigenvalue weighted by Crippen LogP contribution is 2.33. The molecule has 0 aliphatic rings. The zero-order valence-corrected chi connectivity index (χ0v) is 17.1. The fourth-order valence-corrected chi connectivity index (χ4v) is 3.12. The van der Waals surface area contributed by atoms with Crippen LogP contribution in [-0.2, 0) is 22.4 Å². The molecule has 0 amide bonds. The molecule has 0 aromatic heterocycles. The SMILES string of the molecule is CC(C)(C)CCCCc1cc(O)c(O)c(CCCCC(C)(C)OC=O)c1. The lowest BCUT2D eigenvalue weighted by atomic mass is 9.89. The summed E-state index contributed by atoms with van der Waals surface area (Å²) in [5.41, 5.74) is 1.77. The maximum Gasteiger partial charge on any atom is 0.293 e. The van der Waals surface area contributed by atoms with Crippen LogP contribution in [0.3, 0.4) is 0 Å². The van der Waals surface area contributed by atoms with Gasteiger partial charge in [0, 0.05) is 0 Å². The standard InChI is InChI=1S/C22H36O4/c1-21(2,3)12-8-6-10-17-14-18(20(25)19(24)15-17)11-7-9-13-22(4,5)26-16-23/h14-16,24-25H,6-13H2,1-5H3. The number of aryl methyl sites for hydroxylation is 2. The molecule has 148 valence electrons. The summed E-state index contributed by atoms with van der Waals surface area (Å²) in [6, 6.07) is 3.69. The molecule has 26 heavy (non-hydrogen) atoms. The second-order valence-corrected chi connectivity index (χ2v) is 9.07. The first-order chi connectivity index (χ1) is 12.0. The minimum atomic E-state index is -0.458. The van der Waals surface area contributed by atoms with E-state index in [-0.39, 0.29) is 11.5 Å². The highest BCUT2D eigenvalue weighted by molar-refractivity contribution is 5.47. The Morgan fingerprint density at radius 3 is 2.15 bits per heavy atom. The normalized spacial score (nSPS) is 12.2. The summed E-state index contributed by atoms with van der Waals surface area (Å²) in [4.78, 5) is 10.5. The van der Waals surface area contributed by atoms with Gasteiger partial charge in [0.1, 0.15) is 5.60 Å². The van der Waals surface area contributed by atoms with E-state index in [1.54, 1.807) is 6.07 Å². The van der Waals surface area contributed by atoms with Crippen molar-refractivity contribution in [2.45, 2.75) is 91.6 Å². The average molecular weight is 365 g/mol. The zero-order chi connectivity index (χ0) is 19.8. The van der Waals surface area contributed by atoms with Crippen molar-refractivity contribution < 1.29 is 19.7 Å². The van der Waals surface area contributed by atoms with Crippen molar-refractivity contribution in [1.29, 1.82) is 0 Å². The van der Waals surface area contributed by atoms with E-state index in [1.807, 2.05) is 19.9 Å². The number of carbonyl (C=O) groups is 1. The van der Waals surface area contributed by atoms with Gasteiger partial charge in [-0.2, -0.15) is 0 Å². The maximum atomic E-state index is 10.5. The Morgan fingerprint density at radius 1 is 0.923 bits per heavy atom. The third-order valence-corrected chi connectivity index (χ3v) is 4.71.